The van der Waals surface area contributed by atoms with Gasteiger partial charge in [0.05, 0.1) is 0 Å². The monoisotopic (exact) mass is 232 g/mol. The maximum Gasteiger partial charge on any atom is 0.0375 e. The molecule has 0 spiro atoms. The van der Waals surface area contributed by atoms with E-state index in [9.17, 15) is 0 Å². The standard InChI is InChI=1S/C15H24N2/c1-5-9-17-15(7-6-12(2)3)14-8-10-16-13(4)11-14/h8,10-11,15,17H,2,5-7,9H2,1,3-4H3. The Labute approximate surface area is 105 Å². The maximum absolute atomic E-state index is 4.25. The van der Waals surface area contributed by atoms with Crippen LogP contribution in [0.15, 0.2) is 30.5 Å². The molecule has 0 radical (unpaired) electrons. The number of rotatable bonds is 7. The van der Waals surface area contributed by atoms with Crippen molar-refractivity contribution in [1.82, 2.24) is 10.3 Å². The molecule has 0 aliphatic heterocycles. The van der Waals surface area contributed by atoms with Crippen LogP contribution in [0.2, 0.25) is 0 Å². The Hall–Kier alpha value is -1.15. The largest absolute Gasteiger partial charge is 0.310 e. The average molecular weight is 232 g/mol. The normalized spacial score (nSPS) is 12.4. The van der Waals surface area contributed by atoms with Crippen molar-refractivity contribution in [1.29, 1.82) is 0 Å². The van der Waals surface area contributed by atoms with E-state index in [1.165, 1.54) is 11.1 Å². The van der Waals surface area contributed by atoms with E-state index in [0.29, 0.717) is 6.04 Å². The highest BCUT2D eigenvalue weighted by Gasteiger charge is 2.10. The Bertz CT molecular complexity index is 358. The zero-order valence-electron chi connectivity index (χ0n) is 11.3. The molecule has 1 atom stereocenters. The molecule has 0 amide bonds. The van der Waals surface area contributed by atoms with Crippen molar-refractivity contribution in [2.45, 2.75) is 46.1 Å². The Morgan fingerprint density at radius 3 is 2.88 bits per heavy atom. The van der Waals surface area contributed by atoms with Crippen LogP contribution in [0.1, 0.15) is 50.4 Å². The molecule has 1 heterocycles. The molecule has 2 heteroatoms. The lowest BCUT2D eigenvalue weighted by molar-refractivity contribution is 0.498. The van der Waals surface area contributed by atoms with Gasteiger partial charge in [-0.1, -0.05) is 12.5 Å². The highest BCUT2D eigenvalue weighted by atomic mass is 14.9. The van der Waals surface area contributed by atoms with Gasteiger partial charge in [0.1, 0.15) is 0 Å². The van der Waals surface area contributed by atoms with Crippen LogP contribution in [0, 0.1) is 6.92 Å². The van der Waals surface area contributed by atoms with Crippen molar-refractivity contribution in [3.05, 3.63) is 41.7 Å². The Morgan fingerprint density at radius 2 is 2.29 bits per heavy atom. The number of aryl methyl sites for hydroxylation is 1. The van der Waals surface area contributed by atoms with Gasteiger partial charge < -0.3 is 5.32 Å². The van der Waals surface area contributed by atoms with Gasteiger partial charge in [0.25, 0.3) is 0 Å². The highest BCUT2D eigenvalue weighted by Crippen LogP contribution is 2.20. The van der Waals surface area contributed by atoms with Crippen molar-refractivity contribution in [2.24, 2.45) is 0 Å². The predicted molar refractivity (Wildman–Crippen MR) is 74.1 cm³/mol. The van der Waals surface area contributed by atoms with E-state index in [1.807, 2.05) is 13.1 Å². The minimum absolute atomic E-state index is 0.424. The molecular weight excluding hydrogens is 208 g/mol. The van der Waals surface area contributed by atoms with Crippen molar-refractivity contribution in [2.75, 3.05) is 6.54 Å². The predicted octanol–water partition coefficient (Wildman–Crippen LogP) is 3.79. The summed E-state index contributed by atoms with van der Waals surface area (Å²) >= 11 is 0. The summed E-state index contributed by atoms with van der Waals surface area (Å²) in [4.78, 5) is 4.25. The number of hydrogen-bond donors (Lipinski definition) is 1. The molecule has 1 N–H and O–H groups in total. The van der Waals surface area contributed by atoms with Crippen LogP contribution in [0.3, 0.4) is 0 Å². The summed E-state index contributed by atoms with van der Waals surface area (Å²) in [7, 11) is 0. The molecule has 0 saturated carbocycles. The highest BCUT2D eigenvalue weighted by molar-refractivity contribution is 5.19. The summed E-state index contributed by atoms with van der Waals surface area (Å²) in [6.45, 7) is 11.4. The summed E-state index contributed by atoms with van der Waals surface area (Å²) in [5.41, 5.74) is 3.67. The molecular formula is C15H24N2. The lowest BCUT2D eigenvalue weighted by Crippen LogP contribution is -2.22. The first kappa shape index (κ1) is 13.9. The number of aromatic nitrogens is 1. The lowest BCUT2D eigenvalue weighted by atomic mass is 10.00. The SMILES string of the molecule is C=C(C)CCC(NCCC)c1ccnc(C)c1. The van der Waals surface area contributed by atoms with E-state index >= 15 is 0 Å². The van der Waals surface area contributed by atoms with E-state index in [1.54, 1.807) is 0 Å². The van der Waals surface area contributed by atoms with E-state index in [2.05, 4.69) is 42.9 Å². The first-order valence-electron chi connectivity index (χ1n) is 6.43. The molecule has 0 aromatic carbocycles. The quantitative estimate of drug-likeness (QED) is 0.724. The number of nitrogens with one attached hydrogen (secondary N) is 1. The molecule has 0 fully saturated rings. The molecule has 1 aromatic heterocycles. The maximum atomic E-state index is 4.25. The minimum Gasteiger partial charge on any atom is -0.310 e. The molecule has 1 aromatic rings. The van der Waals surface area contributed by atoms with E-state index in [0.717, 1.165) is 31.5 Å². The van der Waals surface area contributed by atoms with Crippen molar-refractivity contribution >= 4 is 0 Å². The fraction of sp³-hybridized carbons (Fsp3) is 0.533. The summed E-state index contributed by atoms with van der Waals surface area (Å²) in [6.07, 6.45) is 5.24. The van der Waals surface area contributed by atoms with Gasteiger partial charge in [-0.15, -0.1) is 6.58 Å². The molecule has 0 aliphatic carbocycles. The van der Waals surface area contributed by atoms with Crippen LogP contribution in [0.5, 0.6) is 0 Å². The minimum atomic E-state index is 0.424. The van der Waals surface area contributed by atoms with Crippen molar-refractivity contribution in [3.8, 4) is 0 Å². The van der Waals surface area contributed by atoms with Gasteiger partial charge >= 0.3 is 0 Å². The molecule has 94 valence electrons. The van der Waals surface area contributed by atoms with Gasteiger partial charge in [-0.05, 0) is 57.4 Å². The first-order chi connectivity index (χ1) is 8.13. The van der Waals surface area contributed by atoms with Gasteiger partial charge in [-0.2, -0.15) is 0 Å². The lowest BCUT2D eigenvalue weighted by Gasteiger charge is -2.19. The average Bonchev–Trinajstić information content (AvgIpc) is 2.29. The fourth-order valence-electron chi connectivity index (χ4n) is 1.88. The summed E-state index contributed by atoms with van der Waals surface area (Å²) in [5, 5.41) is 3.60. The van der Waals surface area contributed by atoms with Gasteiger partial charge in [-0.25, -0.2) is 0 Å². The molecule has 1 rings (SSSR count). The molecule has 17 heavy (non-hydrogen) atoms. The van der Waals surface area contributed by atoms with E-state index in [-0.39, 0.29) is 0 Å². The molecule has 0 bridgehead atoms. The third-order valence-electron chi connectivity index (χ3n) is 2.82. The molecule has 1 unspecified atom stereocenters. The summed E-state index contributed by atoms with van der Waals surface area (Å²) in [6, 6.07) is 4.71. The topological polar surface area (TPSA) is 24.9 Å². The van der Waals surface area contributed by atoms with Crippen LogP contribution in [0.25, 0.3) is 0 Å². The molecule has 0 aliphatic rings. The fourth-order valence-corrected chi connectivity index (χ4v) is 1.88. The zero-order chi connectivity index (χ0) is 12.7. The number of allylic oxidation sites excluding steroid dienone is 1. The number of pyridine rings is 1. The van der Waals surface area contributed by atoms with Crippen LogP contribution in [0.4, 0.5) is 0 Å². The van der Waals surface area contributed by atoms with Crippen molar-refractivity contribution in [3.63, 3.8) is 0 Å². The van der Waals surface area contributed by atoms with Gasteiger partial charge in [0.2, 0.25) is 0 Å². The summed E-state index contributed by atoms with van der Waals surface area (Å²) < 4.78 is 0. The third-order valence-corrected chi connectivity index (χ3v) is 2.82. The van der Waals surface area contributed by atoms with Gasteiger partial charge in [0, 0.05) is 17.9 Å². The van der Waals surface area contributed by atoms with Gasteiger partial charge in [0.15, 0.2) is 0 Å². The number of hydrogen-bond acceptors (Lipinski definition) is 2. The zero-order valence-corrected chi connectivity index (χ0v) is 11.3. The van der Waals surface area contributed by atoms with Crippen molar-refractivity contribution < 1.29 is 0 Å². The second-order valence-corrected chi connectivity index (χ2v) is 4.73. The number of nitrogens with zero attached hydrogens (tertiary/aromatic N) is 1. The van der Waals surface area contributed by atoms with Crippen LogP contribution >= 0.6 is 0 Å². The second kappa shape index (κ2) is 7.23. The Morgan fingerprint density at radius 1 is 1.53 bits per heavy atom. The Kier molecular flexibility index (Phi) is 5.92. The summed E-state index contributed by atoms with van der Waals surface area (Å²) in [5.74, 6) is 0. The van der Waals surface area contributed by atoms with Crippen LogP contribution < -0.4 is 5.32 Å². The first-order valence-corrected chi connectivity index (χ1v) is 6.43. The van der Waals surface area contributed by atoms with E-state index in [4.69, 9.17) is 0 Å². The molecule has 0 saturated heterocycles. The van der Waals surface area contributed by atoms with Crippen LogP contribution in [-0.2, 0) is 0 Å². The van der Waals surface area contributed by atoms with Crippen LogP contribution in [-0.4, -0.2) is 11.5 Å². The second-order valence-electron chi connectivity index (χ2n) is 4.73. The van der Waals surface area contributed by atoms with E-state index < -0.39 is 0 Å². The smallest absolute Gasteiger partial charge is 0.0375 e. The molecule has 2 nitrogen and oxygen atoms in total. The third kappa shape index (κ3) is 5.14. The van der Waals surface area contributed by atoms with Gasteiger partial charge in [-0.3, -0.25) is 4.98 Å². The Balaban J connectivity index is 2.70.